The summed E-state index contributed by atoms with van der Waals surface area (Å²) >= 11 is 0. The molecule has 2 heterocycles. The molecule has 33 heavy (non-hydrogen) atoms. The second-order valence-corrected chi connectivity index (χ2v) is 8.97. The van der Waals surface area contributed by atoms with Crippen LogP contribution in [0.3, 0.4) is 0 Å². The first-order chi connectivity index (χ1) is 15.9. The highest BCUT2D eigenvalue weighted by Crippen LogP contribution is 2.37. The van der Waals surface area contributed by atoms with Gasteiger partial charge in [-0.1, -0.05) is 72.5 Å². The molecule has 0 radical (unpaired) electrons. The largest absolute Gasteiger partial charge is 0.481 e. The number of hydrogen-bond acceptors (Lipinski definition) is 5. The molecule has 2 unspecified atom stereocenters. The van der Waals surface area contributed by atoms with Crippen molar-refractivity contribution in [3.05, 3.63) is 65.4 Å². The number of nitrogens with one attached hydrogen (secondary N) is 1. The van der Waals surface area contributed by atoms with E-state index in [1.807, 2.05) is 12.1 Å². The molecule has 2 atom stereocenters. The molecule has 1 aliphatic rings. The molecule has 0 saturated carbocycles. The lowest BCUT2D eigenvalue weighted by atomic mass is 9.95. The quantitative estimate of drug-likeness (QED) is 0.386. The highest BCUT2D eigenvalue weighted by molar-refractivity contribution is 5.79. The third-order valence-corrected chi connectivity index (χ3v) is 6.18. The number of benzene rings is 2. The number of aliphatic carboxylic acids is 1. The van der Waals surface area contributed by atoms with E-state index in [4.69, 9.17) is 15.1 Å². The summed E-state index contributed by atoms with van der Waals surface area (Å²) in [4.78, 5) is 20.6. The first-order valence-electron chi connectivity index (χ1n) is 11.6. The van der Waals surface area contributed by atoms with Crippen LogP contribution in [0.25, 0.3) is 22.5 Å². The third-order valence-electron chi connectivity index (χ3n) is 6.18. The van der Waals surface area contributed by atoms with Gasteiger partial charge in [-0.3, -0.25) is 4.79 Å². The van der Waals surface area contributed by atoms with Crippen LogP contribution >= 0.6 is 0 Å². The Bertz CT molecular complexity index is 1110. The number of anilines is 1. The minimum Gasteiger partial charge on any atom is -0.481 e. The number of fused-ring (bicyclic) bond motifs is 1. The fraction of sp³-hybridized carbons (Fsp3) is 0.370. The predicted octanol–water partition coefficient (Wildman–Crippen LogP) is 5.68. The predicted molar refractivity (Wildman–Crippen MR) is 130 cm³/mol. The lowest BCUT2D eigenvalue weighted by Gasteiger charge is -2.30. The molecule has 1 aromatic heterocycles. The fourth-order valence-electron chi connectivity index (χ4n) is 4.28. The standard InChI is InChI=1S/C27H31N3O3/c1-17-8-12-19(13-9-17)24-25(20-14-10-18(2)11-15-20)30-27-26(29-24)22(31)16-21(28-27)6-4-3-5-7-23(32)33/h8-15,21-22,31H,3-7,16H2,1-2H3,(H,28,30)(H,32,33). The summed E-state index contributed by atoms with van der Waals surface area (Å²) in [5.41, 5.74) is 6.46. The monoisotopic (exact) mass is 445 g/mol. The summed E-state index contributed by atoms with van der Waals surface area (Å²) in [7, 11) is 0. The van der Waals surface area contributed by atoms with Gasteiger partial charge in [0.15, 0.2) is 5.82 Å². The van der Waals surface area contributed by atoms with Crippen molar-refractivity contribution in [3.8, 4) is 22.5 Å². The van der Waals surface area contributed by atoms with Crippen molar-refractivity contribution < 1.29 is 15.0 Å². The molecule has 3 N–H and O–H groups in total. The van der Waals surface area contributed by atoms with E-state index >= 15 is 0 Å². The van der Waals surface area contributed by atoms with Crippen molar-refractivity contribution >= 4 is 11.8 Å². The molecular formula is C27H31N3O3. The third kappa shape index (κ3) is 5.57. The van der Waals surface area contributed by atoms with Crippen molar-refractivity contribution in [3.63, 3.8) is 0 Å². The first kappa shape index (κ1) is 22.9. The van der Waals surface area contributed by atoms with Gasteiger partial charge in [-0.2, -0.15) is 0 Å². The van der Waals surface area contributed by atoms with Crippen LogP contribution in [0, 0.1) is 13.8 Å². The Morgan fingerprint density at radius 1 is 0.909 bits per heavy atom. The van der Waals surface area contributed by atoms with E-state index in [-0.39, 0.29) is 12.5 Å². The zero-order valence-electron chi connectivity index (χ0n) is 19.2. The second-order valence-electron chi connectivity index (χ2n) is 8.97. The number of carboxylic acids is 1. The maximum atomic E-state index is 10.9. The Balaban J connectivity index is 1.63. The molecule has 0 aliphatic carbocycles. The van der Waals surface area contributed by atoms with E-state index in [1.54, 1.807) is 0 Å². The lowest BCUT2D eigenvalue weighted by Crippen LogP contribution is -2.30. The van der Waals surface area contributed by atoms with E-state index in [1.165, 1.54) is 11.1 Å². The van der Waals surface area contributed by atoms with Crippen LogP contribution in [0.5, 0.6) is 0 Å². The summed E-state index contributed by atoms with van der Waals surface area (Å²) in [6, 6.07) is 16.6. The fourth-order valence-corrected chi connectivity index (χ4v) is 4.28. The number of hydrogen-bond donors (Lipinski definition) is 3. The van der Waals surface area contributed by atoms with Gasteiger partial charge in [-0.15, -0.1) is 0 Å². The topological polar surface area (TPSA) is 95.3 Å². The van der Waals surface area contributed by atoms with E-state index in [9.17, 15) is 9.90 Å². The Labute approximate surface area is 194 Å². The molecule has 6 nitrogen and oxygen atoms in total. The van der Waals surface area contributed by atoms with Gasteiger partial charge >= 0.3 is 5.97 Å². The van der Waals surface area contributed by atoms with E-state index in [0.717, 1.165) is 41.8 Å². The van der Waals surface area contributed by atoms with Crippen molar-refractivity contribution in [1.29, 1.82) is 0 Å². The van der Waals surface area contributed by atoms with Crippen LogP contribution in [-0.2, 0) is 4.79 Å². The molecule has 0 saturated heterocycles. The number of aromatic nitrogens is 2. The molecule has 4 rings (SSSR count). The zero-order valence-corrected chi connectivity index (χ0v) is 19.2. The van der Waals surface area contributed by atoms with Crippen molar-refractivity contribution in [1.82, 2.24) is 9.97 Å². The minimum absolute atomic E-state index is 0.0859. The Morgan fingerprint density at radius 3 is 2.06 bits per heavy atom. The first-order valence-corrected chi connectivity index (χ1v) is 11.6. The van der Waals surface area contributed by atoms with Crippen LogP contribution in [-0.4, -0.2) is 32.2 Å². The van der Waals surface area contributed by atoms with Crippen LogP contribution in [0.4, 0.5) is 5.82 Å². The van der Waals surface area contributed by atoms with Crippen molar-refractivity contribution in [2.24, 2.45) is 0 Å². The average molecular weight is 446 g/mol. The van der Waals surface area contributed by atoms with Crippen LogP contribution in [0.2, 0.25) is 0 Å². The van der Waals surface area contributed by atoms with E-state index in [0.29, 0.717) is 24.4 Å². The van der Waals surface area contributed by atoms with Crippen LogP contribution in [0.1, 0.15) is 61.4 Å². The zero-order chi connectivity index (χ0) is 23.4. The molecule has 0 bridgehead atoms. The molecule has 172 valence electrons. The van der Waals surface area contributed by atoms with Gasteiger partial charge < -0.3 is 15.5 Å². The summed E-state index contributed by atoms with van der Waals surface area (Å²) in [6.07, 6.45) is 3.39. The average Bonchev–Trinajstić information content (AvgIpc) is 2.79. The highest BCUT2D eigenvalue weighted by atomic mass is 16.4. The number of unbranched alkanes of at least 4 members (excludes halogenated alkanes) is 2. The number of rotatable bonds is 8. The maximum Gasteiger partial charge on any atom is 0.303 e. The van der Waals surface area contributed by atoms with Gasteiger partial charge in [-0.05, 0) is 33.1 Å². The Hall–Kier alpha value is -3.25. The number of carbonyl (C=O) groups is 1. The van der Waals surface area contributed by atoms with Gasteiger partial charge in [0.2, 0.25) is 0 Å². The molecule has 1 aliphatic heterocycles. The van der Waals surface area contributed by atoms with Gasteiger partial charge in [0.1, 0.15) is 11.8 Å². The number of carboxylic acid groups (broad SMARTS) is 1. The maximum absolute atomic E-state index is 10.9. The Kier molecular flexibility index (Phi) is 7.04. The number of aryl methyl sites for hydroxylation is 2. The summed E-state index contributed by atoms with van der Waals surface area (Å²) in [6.45, 7) is 4.11. The summed E-state index contributed by atoms with van der Waals surface area (Å²) < 4.78 is 0. The minimum atomic E-state index is -0.751. The summed E-state index contributed by atoms with van der Waals surface area (Å²) in [5, 5.41) is 23.2. The molecule has 2 aromatic carbocycles. The molecule has 0 spiro atoms. The second kappa shape index (κ2) is 10.1. The SMILES string of the molecule is Cc1ccc(-c2nc3c(nc2-c2ccc(C)cc2)C(O)CC(CCCCCC(=O)O)N3)cc1. The van der Waals surface area contributed by atoms with Gasteiger partial charge in [0.05, 0.1) is 11.4 Å². The highest BCUT2D eigenvalue weighted by Gasteiger charge is 2.29. The Morgan fingerprint density at radius 2 is 1.48 bits per heavy atom. The summed E-state index contributed by atoms with van der Waals surface area (Å²) in [5.74, 6) is -0.117. The van der Waals surface area contributed by atoms with Gasteiger partial charge in [0, 0.05) is 23.6 Å². The molecule has 3 aromatic rings. The molecular weight excluding hydrogens is 414 g/mol. The normalized spacial score (nSPS) is 17.3. The van der Waals surface area contributed by atoms with Crippen molar-refractivity contribution in [2.45, 2.75) is 64.5 Å². The smallest absolute Gasteiger partial charge is 0.303 e. The molecule has 0 amide bonds. The lowest BCUT2D eigenvalue weighted by molar-refractivity contribution is -0.137. The number of nitrogens with zero attached hydrogens (tertiary/aromatic N) is 2. The van der Waals surface area contributed by atoms with Crippen LogP contribution < -0.4 is 5.32 Å². The van der Waals surface area contributed by atoms with Crippen LogP contribution in [0.15, 0.2) is 48.5 Å². The van der Waals surface area contributed by atoms with Crippen molar-refractivity contribution in [2.75, 3.05) is 5.32 Å². The van der Waals surface area contributed by atoms with Gasteiger partial charge in [-0.25, -0.2) is 9.97 Å². The molecule has 6 heteroatoms. The van der Waals surface area contributed by atoms with E-state index in [2.05, 4.69) is 55.6 Å². The molecule has 0 fully saturated rings. The number of aliphatic hydroxyl groups is 1. The number of aliphatic hydroxyl groups excluding tert-OH is 1. The van der Waals surface area contributed by atoms with E-state index < -0.39 is 12.1 Å². The van der Waals surface area contributed by atoms with Gasteiger partial charge in [0.25, 0.3) is 0 Å².